The van der Waals surface area contributed by atoms with Gasteiger partial charge in [0.15, 0.2) is 6.61 Å². The first kappa shape index (κ1) is 20.1. The highest BCUT2D eigenvalue weighted by molar-refractivity contribution is 5.96. The maximum atomic E-state index is 13.4. The van der Waals surface area contributed by atoms with Crippen LogP contribution in [0.5, 0.6) is 0 Å². The van der Waals surface area contributed by atoms with Gasteiger partial charge in [-0.25, -0.2) is 4.39 Å². The van der Waals surface area contributed by atoms with Crippen molar-refractivity contribution in [1.82, 2.24) is 10.6 Å². The number of carbonyl (C=O) groups is 3. The smallest absolute Gasteiger partial charge is 0.325 e. The second kappa shape index (κ2) is 9.47. The maximum Gasteiger partial charge on any atom is 0.325 e. The van der Waals surface area contributed by atoms with Crippen LogP contribution in [0.25, 0.3) is 0 Å². The number of halogens is 1. The lowest BCUT2D eigenvalue weighted by atomic mass is 10.1. The SMILES string of the molecule is Cc1cc(C)cc(C(=O)NCC(=O)OCC(=O)NCc2ccccc2F)c1. The first-order valence-corrected chi connectivity index (χ1v) is 8.37. The van der Waals surface area contributed by atoms with Gasteiger partial charge >= 0.3 is 5.97 Å². The van der Waals surface area contributed by atoms with Crippen molar-refractivity contribution in [3.8, 4) is 0 Å². The third-order valence-electron chi connectivity index (χ3n) is 3.68. The fourth-order valence-corrected chi connectivity index (χ4v) is 2.44. The van der Waals surface area contributed by atoms with Crippen molar-refractivity contribution in [1.29, 1.82) is 0 Å². The summed E-state index contributed by atoms with van der Waals surface area (Å²) >= 11 is 0. The average Bonchev–Trinajstić information content (AvgIpc) is 2.63. The topological polar surface area (TPSA) is 84.5 Å². The Labute approximate surface area is 156 Å². The summed E-state index contributed by atoms with van der Waals surface area (Å²) in [6.45, 7) is 2.88. The molecule has 0 radical (unpaired) electrons. The van der Waals surface area contributed by atoms with Crippen molar-refractivity contribution in [2.75, 3.05) is 13.2 Å². The van der Waals surface area contributed by atoms with E-state index < -0.39 is 30.2 Å². The molecule has 7 heteroatoms. The highest BCUT2D eigenvalue weighted by Crippen LogP contribution is 2.08. The summed E-state index contributed by atoms with van der Waals surface area (Å²) in [7, 11) is 0. The van der Waals surface area contributed by atoms with Gasteiger partial charge < -0.3 is 15.4 Å². The van der Waals surface area contributed by atoms with Crippen LogP contribution in [-0.2, 0) is 20.9 Å². The van der Waals surface area contributed by atoms with Crippen LogP contribution in [0.2, 0.25) is 0 Å². The molecule has 0 fully saturated rings. The van der Waals surface area contributed by atoms with Gasteiger partial charge in [0.05, 0.1) is 0 Å². The molecule has 2 aromatic rings. The number of hydrogen-bond acceptors (Lipinski definition) is 4. The second-order valence-corrected chi connectivity index (χ2v) is 6.09. The van der Waals surface area contributed by atoms with Crippen molar-refractivity contribution in [3.63, 3.8) is 0 Å². The summed E-state index contributed by atoms with van der Waals surface area (Å²) in [6, 6.07) is 11.4. The van der Waals surface area contributed by atoms with Crippen molar-refractivity contribution < 1.29 is 23.5 Å². The van der Waals surface area contributed by atoms with Gasteiger partial charge in [0, 0.05) is 17.7 Å². The molecule has 0 saturated carbocycles. The third kappa shape index (κ3) is 6.54. The predicted octanol–water partition coefficient (Wildman–Crippen LogP) is 2.03. The van der Waals surface area contributed by atoms with Gasteiger partial charge in [0.25, 0.3) is 11.8 Å². The van der Waals surface area contributed by atoms with Gasteiger partial charge in [-0.15, -0.1) is 0 Å². The van der Waals surface area contributed by atoms with Crippen LogP contribution < -0.4 is 10.6 Å². The van der Waals surface area contributed by atoms with Crippen molar-refractivity contribution in [2.24, 2.45) is 0 Å². The minimum atomic E-state index is -0.742. The standard InChI is InChI=1S/C20H21FN2O4/c1-13-7-14(2)9-16(8-13)20(26)23-11-19(25)27-12-18(24)22-10-15-5-3-4-6-17(15)21/h3-9H,10-12H2,1-2H3,(H,22,24)(H,23,26). The Bertz CT molecular complexity index is 831. The number of benzene rings is 2. The number of rotatable bonds is 7. The fourth-order valence-electron chi connectivity index (χ4n) is 2.44. The number of amides is 2. The lowest BCUT2D eigenvalue weighted by Crippen LogP contribution is -2.34. The summed E-state index contributed by atoms with van der Waals surface area (Å²) in [5.41, 5.74) is 2.66. The first-order valence-electron chi connectivity index (χ1n) is 8.37. The maximum absolute atomic E-state index is 13.4. The lowest BCUT2D eigenvalue weighted by molar-refractivity contribution is -0.147. The lowest BCUT2D eigenvalue weighted by Gasteiger charge is -2.09. The molecule has 0 atom stereocenters. The van der Waals surface area contributed by atoms with E-state index in [0.717, 1.165) is 11.1 Å². The molecular weight excluding hydrogens is 351 g/mol. The highest BCUT2D eigenvalue weighted by Gasteiger charge is 2.12. The molecule has 0 unspecified atom stereocenters. The van der Waals surface area contributed by atoms with Gasteiger partial charge in [-0.2, -0.15) is 0 Å². The normalized spacial score (nSPS) is 10.2. The molecule has 6 nitrogen and oxygen atoms in total. The molecule has 0 spiro atoms. The molecule has 0 saturated heterocycles. The van der Waals surface area contributed by atoms with E-state index in [-0.39, 0.29) is 13.1 Å². The van der Waals surface area contributed by atoms with Crippen LogP contribution in [0.1, 0.15) is 27.0 Å². The van der Waals surface area contributed by atoms with E-state index in [2.05, 4.69) is 10.6 Å². The van der Waals surface area contributed by atoms with Crippen LogP contribution in [0.4, 0.5) is 4.39 Å². The number of ether oxygens (including phenoxy) is 1. The fraction of sp³-hybridized carbons (Fsp3) is 0.250. The average molecular weight is 372 g/mol. The molecular formula is C20H21FN2O4. The first-order chi connectivity index (χ1) is 12.8. The van der Waals surface area contributed by atoms with Gasteiger partial charge in [0.1, 0.15) is 12.4 Å². The summed E-state index contributed by atoms with van der Waals surface area (Å²) in [4.78, 5) is 35.4. The van der Waals surface area contributed by atoms with Crippen LogP contribution in [0, 0.1) is 19.7 Å². The van der Waals surface area contributed by atoms with Crippen LogP contribution in [-0.4, -0.2) is 30.9 Å². The number of nitrogens with one attached hydrogen (secondary N) is 2. The summed E-state index contributed by atoms with van der Waals surface area (Å²) in [5, 5.41) is 4.90. The highest BCUT2D eigenvalue weighted by atomic mass is 19.1. The van der Waals surface area contributed by atoms with Gasteiger partial charge in [0.2, 0.25) is 0 Å². The van der Waals surface area contributed by atoms with Gasteiger partial charge in [-0.1, -0.05) is 35.4 Å². The van der Waals surface area contributed by atoms with Crippen LogP contribution >= 0.6 is 0 Å². The zero-order chi connectivity index (χ0) is 19.8. The molecule has 0 aromatic heterocycles. The molecule has 0 bridgehead atoms. The Balaban J connectivity index is 1.71. The van der Waals surface area contributed by atoms with E-state index in [4.69, 9.17) is 4.74 Å². The molecule has 0 aliphatic carbocycles. The molecule has 0 aliphatic rings. The zero-order valence-electron chi connectivity index (χ0n) is 15.2. The summed E-state index contributed by atoms with van der Waals surface area (Å²) < 4.78 is 18.2. The number of carbonyl (C=O) groups excluding carboxylic acids is 3. The van der Waals surface area contributed by atoms with Gasteiger partial charge in [-0.3, -0.25) is 14.4 Å². The quantitative estimate of drug-likeness (QED) is 0.729. The monoisotopic (exact) mass is 372 g/mol. The van der Waals surface area contributed by atoms with Crippen molar-refractivity contribution >= 4 is 17.8 Å². The van der Waals surface area contributed by atoms with Crippen LogP contribution in [0.3, 0.4) is 0 Å². The van der Waals surface area contributed by atoms with E-state index in [9.17, 15) is 18.8 Å². The minimum absolute atomic E-state index is 0.00744. The molecule has 0 aliphatic heterocycles. The molecule has 2 N–H and O–H groups in total. The largest absolute Gasteiger partial charge is 0.454 e. The Morgan fingerprint density at radius 1 is 1.00 bits per heavy atom. The minimum Gasteiger partial charge on any atom is -0.454 e. The van der Waals surface area contributed by atoms with Crippen LogP contribution in [0.15, 0.2) is 42.5 Å². The van der Waals surface area contributed by atoms with E-state index in [0.29, 0.717) is 11.1 Å². The Hall–Kier alpha value is -3.22. The molecule has 2 rings (SSSR count). The number of aryl methyl sites for hydroxylation is 2. The van der Waals surface area contributed by atoms with Crippen molar-refractivity contribution in [3.05, 3.63) is 70.5 Å². The Kier molecular flexibility index (Phi) is 7.05. The number of esters is 1. The summed E-state index contributed by atoms with van der Waals surface area (Å²) in [5.74, 6) is -2.13. The predicted molar refractivity (Wildman–Crippen MR) is 97.5 cm³/mol. The summed E-state index contributed by atoms with van der Waals surface area (Å²) in [6.07, 6.45) is 0. The Morgan fingerprint density at radius 3 is 2.33 bits per heavy atom. The molecule has 142 valence electrons. The van der Waals surface area contributed by atoms with E-state index >= 15 is 0 Å². The van der Waals surface area contributed by atoms with E-state index in [1.165, 1.54) is 6.07 Å². The molecule has 27 heavy (non-hydrogen) atoms. The molecule has 2 aromatic carbocycles. The van der Waals surface area contributed by atoms with Gasteiger partial charge in [-0.05, 0) is 32.0 Å². The van der Waals surface area contributed by atoms with E-state index in [1.54, 1.807) is 30.3 Å². The van der Waals surface area contributed by atoms with Crippen molar-refractivity contribution in [2.45, 2.75) is 20.4 Å². The number of hydrogen-bond donors (Lipinski definition) is 2. The van der Waals surface area contributed by atoms with E-state index in [1.807, 2.05) is 19.9 Å². The third-order valence-corrected chi connectivity index (χ3v) is 3.68. The molecule has 2 amide bonds. The molecule has 0 heterocycles. The zero-order valence-corrected chi connectivity index (χ0v) is 15.2. The second-order valence-electron chi connectivity index (χ2n) is 6.09. The Morgan fingerprint density at radius 2 is 1.67 bits per heavy atom.